The number of carbonyl (C=O) groups excluding carboxylic acids is 2. The van der Waals surface area contributed by atoms with E-state index in [9.17, 15) is 14.0 Å². The van der Waals surface area contributed by atoms with Crippen LogP contribution in [-0.4, -0.2) is 47.5 Å². The maximum absolute atomic E-state index is 13.1. The fourth-order valence-corrected chi connectivity index (χ4v) is 3.63. The van der Waals surface area contributed by atoms with Gasteiger partial charge in [-0.25, -0.2) is 9.37 Å². The number of aromatic nitrogens is 1. The Morgan fingerprint density at radius 3 is 2.78 bits per heavy atom. The van der Waals surface area contributed by atoms with Crippen LogP contribution in [0.2, 0.25) is 0 Å². The van der Waals surface area contributed by atoms with Crippen molar-refractivity contribution in [2.45, 2.75) is 32.3 Å². The molecule has 3 rings (SSSR count). The fourth-order valence-electron chi connectivity index (χ4n) is 2.92. The SMILES string of the molecule is Cc1csc(NC(=O)CN(CC2CCCO2)C(=O)Cc2ccc(F)cc2)n1. The van der Waals surface area contributed by atoms with E-state index in [0.717, 1.165) is 18.5 Å². The number of benzene rings is 1. The van der Waals surface area contributed by atoms with E-state index in [2.05, 4.69) is 10.3 Å². The standard InChI is InChI=1S/C19H22FN3O3S/c1-13-12-27-19(21-13)22-17(24)11-23(10-16-3-2-8-26-16)18(25)9-14-4-6-15(20)7-5-14/h4-7,12,16H,2-3,8-11H2,1H3,(H,21,22,24). The summed E-state index contributed by atoms with van der Waals surface area (Å²) >= 11 is 1.34. The molecule has 1 saturated heterocycles. The van der Waals surface area contributed by atoms with Gasteiger partial charge in [0.05, 0.1) is 18.2 Å². The van der Waals surface area contributed by atoms with Gasteiger partial charge in [0.25, 0.3) is 0 Å². The third-order valence-electron chi connectivity index (χ3n) is 4.27. The molecule has 1 unspecified atom stereocenters. The maximum Gasteiger partial charge on any atom is 0.245 e. The molecule has 6 nitrogen and oxygen atoms in total. The third-order valence-corrected chi connectivity index (χ3v) is 5.14. The van der Waals surface area contributed by atoms with Gasteiger partial charge in [-0.3, -0.25) is 9.59 Å². The van der Waals surface area contributed by atoms with E-state index in [1.54, 1.807) is 12.1 Å². The molecule has 8 heteroatoms. The zero-order chi connectivity index (χ0) is 19.2. The van der Waals surface area contributed by atoms with Crippen molar-refractivity contribution in [3.05, 3.63) is 46.7 Å². The predicted molar refractivity (Wildman–Crippen MR) is 101 cm³/mol. The van der Waals surface area contributed by atoms with Crippen LogP contribution >= 0.6 is 11.3 Å². The summed E-state index contributed by atoms with van der Waals surface area (Å²) < 4.78 is 18.7. The van der Waals surface area contributed by atoms with E-state index in [-0.39, 0.29) is 36.7 Å². The molecule has 2 amide bonds. The zero-order valence-electron chi connectivity index (χ0n) is 15.1. The molecule has 2 aromatic rings. The Morgan fingerprint density at radius 2 is 2.15 bits per heavy atom. The molecule has 0 radical (unpaired) electrons. The van der Waals surface area contributed by atoms with Gasteiger partial charge >= 0.3 is 0 Å². The topological polar surface area (TPSA) is 71.5 Å². The van der Waals surface area contributed by atoms with E-state index < -0.39 is 0 Å². The van der Waals surface area contributed by atoms with Crippen molar-refractivity contribution in [2.75, 3.05) is 25.0 Å². The van der Waals surface area contributed by atoms with Gasteiger partial charge in [-0.05, 0) is 37.5 Å². The van der Waals surface area contributed by atoms with Gasteiger partial charge in [0.2, 0.25) is 11.8 Å². The lowest BCUT2D eigenvalue weighted by Crippen LogP contribution is -2.43. The number of rotatable bonds is 7. The summed E-state index contributed by atoms with van der Waals surface area (Å²) in [4.78, 5) is 30.9. The minimum atomic E-state index is -0.347. The summed E-state index contributed by atoms with van der Waals surface area (Å²) in [6, 6.07) is 5.81. The molecule has 1 fully saturated rings. The van der Waals surface area contributed by atoms with Gasteiger partial charge in [-0.15, -0.1) is 11.3 Å². The molecular weight excluding hydrogens is 369 g/mol. The van der Waals surface area contributed by atoms with Crippen LogP contribution in [0.4, 0.5) is 9.52 Å². The Kier molecular flexibility index (Phi) is 6.52. The first-order valence-corrected chi connectivity index (χ1v) is 9.73. The number of amides is 2. The van der Waals surface area contributed by atoms with E-state index in [0.29, 0.717) is 23.8 Å². The van der Waals surface area contributed by atoms with Gasteiger partial charge in [0.1, 0.15) is 12.4 Å². The van der Waals surface area contributed by atoms with Crippen LogP contribution in [-0.2, 0) is 20.7 Å². The number of hydrogen-bond acceptors (Lipinski definition) is 5. The number of carbonyl (C=O) groups is 2. The highest BCUT2D eigenvalue weighted by molar-refractivity contribution is 7.13. The average Bonchev–Trinajstić information content (AvgIpc) is 3.28. The van der Waals surface area contributed by atoms with Crippen molar-refractivity contribution in [2.24, 2.45) is 0 Å². The Morgan fingerprint density at radius 1 is 1.37 bits per heavy atom. The average molecular weight is 391 g/mol. The van der Waals surface area contributed by atoms with Gasteiger partial charge in [0, 0.05) is 18.5 Å². The minimum absolute atomic E-state index is 0.0583. The van der Waals surface area contributed by atoms with Crippen molar-refractivity contribution in [1.82, 2.24) is 9.88 Å². The largest absolute Gasteiger partial charge is 0.376 e. The lowest BCUT2D eigenvalue weighted by atomic mass is 10.1. The van der Waals surface area contributed by atoms with Crippen molar-refractivity contribution in [3.63, 3.8) is 0 Å². The summed E-state index contributed by atoms with van der Waals surface area (Å²) in [6.45, 7) is 2.82. The number of hydrogen-bond donors (Lipinski definition) is 1. The lowest BCUT2D eigenvalue weighted by molar-refractivity contribution is -0.135. The van der Waals surface area contributed by atoms with Crippen molar-refractivity contribution < 1.29 is 18.7 Å². The number of ether oxygens (including phenoxy) is 1. The first-order chi connectivity index (χ1) is 13.0. The molecule has 2 heterocycles. The molecule has 1 aliphatic rings. The highest BCUT2D eigenvalue weighted by atomic mass is 32.1. The van der Waals surface area contributed by atoms with Crippen LogP contribution in [0.3, 0.4) is 0 Å². The van der Waals surface area contributed by atoms with Gasteiger partial charge in [-0.1, -0.05) is 12.1 Å². The number of anilines is 1. The number of nitrogens with one attached hydrogen (secondary N) is 1. The van der Waals surface area contributed by atoms with E-state index in [1.165, 1.54) is 28.4 Å². The van der Waals surface area contributed by atoms with Crippen LogP contribution in [0.5, 0.6) is 0 Å². The molecule has 1 aromatic carbocycles. The predicted octanol–water partition coefficient (Wildman–Crippen LogP) is 2.78. The number of halogens is 1. The van der Waals surface area contributed by atoms with Crippen molar-refractivity contribution >= 4 is 28.3 Å². The van der Waals surface area contributed by atoms with Crippen LogP contribution < -0.4 is 5.32 Å². The minimum Gasteiger partial charge on any atom is -0.376 e. The molecule has 1 aliphatic heterocycles. The highest BCUT2D eigenvalue weighted by Gasteiger charge is 2.24. The van der Waals surface area contributed by atoms with Crippen LogP contribution in [0.25, 0.3) is 0 Å². The molecule has 1 N–H and O–H groups in total. The second-order valence-corrected chi connectivity index (χ2v) is 7.41. The van der Waals surface area contributed by atoms with Gasteiger partial charge in [0.15, 0.2) is 5.13 Å². The monoisotopic (exact) mass is 391 g/mol. The van der Waals surface area contributed by atoms with Crippen LogP contribution in [0.1, 0.15) is 24.1 Å². The normalized spacial score (nSPS) is 16.3. The van der Waals surface area contributed by atoms with Crippen LogP contribution in [0.15, 0.2) is 29.6 Å². The molecular formula is C19H22FN3O3S. The first kappa shape index (κ1) is 19.4. The van der Waals surface area contributed by atoms with Crippen LogP contribution in [0, 0.1) is 12.7 Å². The molecule has 0 bridgehead atoms. The quantitative estimate of drug-likeness (QED) is 0.788. The smallest absolute Gasteiger partial charge is 0.245 e. The number of thiazole rings is 1. The maximum atomic E-state index is 13.1. The summed E-state index contributed by atoms with van der Waals surface area (Å²) in [7, 11) is 0. The molecule has 144 valence electrons. The molecule has 1 atom stereocenters. The summed E-state index contributed by atoms with van der Waals surface area (Å²) in [5.41, 5.74) is 1.54. The molecule has 0 aliphatic carbocycles. The first-order valence-electron chi connectivity index (χ1n) is 8.85. The van der Waals surface area contributed by atoms with Crippen molar-refractivity contribution in [1.29, 1.82) is 0 Å². The van der Waals surface area contributed by atoms with E-state index in [1.807, 2.05) is 12.3 Å². The Balaban J connectivity index is 1.64. The second kappa shape index (κ2) is 9.05. The zero-order valence-corrected chi connectivity index (χ0v) is 15.9. The third kappa shape index (κ3) is 5.83. The Hall–Kier alpha value is -2.32. The van der Waals surface area contributed by atoms with E-state index >= 15 is 0 Å². The molecule has 27 heavy (non-hydrogen) atoms. The summed E-state index contributed by atoms with van der Waals surface area (Å²) in [6.07, 6.45) is 1.87. The summed E-state index contributed by atoms with van der Waals surface area (Å²) in [5.74, 6) is -0.835. The van der Waals surface area contributed by atoms with E-state index in [4.69, 9.17) is 4.74 Å². The van der Waals surface area contributed by atoms with Crippen molar-refractivity contribution in [3.8, 4) is 0 Å². The fraction of sp³-hybridized carbons (Fsp3) is 0.421. The highest BCUT2D eigenvalue weighted by Crippen LogP contribution is 2.16. The Bertz CT molecular complexity index is 788. The lowest BCUT2D eigenvalue weighted by Gasteiger charge is -2.25. The summed E-state index contributed by atoms with van der Waals surface area (Å²) in [5, 5.41) is 5.09. The molecule has 0 spiro atoms. The molecule has 1 aromatic heterocycles. The number of nitrogens with zero attached hydrogens (tertiary/aromatic N) is 2. The Labute approximate surface area is 161 Å². The van der Waals surface area contributed by atoms with Gasteiger partial charge < -0.3 is 15.0 Å². The van der Waals surface area contributed by atoms with Gasteiger partial charge in [-0.2, -0.15) is 0 Å². The second-order valence-electron chi connectivity index (χ2n) is 6.55. The molecule has 0 saturated carbocycles. The number of aryl methyl sites for hydroxylation is 1.